The van der Waals surface area contributed by atoms with Crippen LogP contribution in [0.3, 0.4) is 0 Å². The number of carbonyl (C=O) groups excluding carboxylic acids is 1. The molecule has 7 heteroatoms. The molecule has 0 fully saturated rings. The Balaban J connectivity index is 1.45. The number of aliphatic hydroxyl groups excluding tert-OH is 2. The fourth-order valence-corrected chi connectivity index (χ4v) is 3.62. The number of phenols is 1. The second-order valence-electron chi connectivity index (χ2n) is 7.87. The molecule has 0 aliphatic carbocycles. The van der Waals surface area contributed by atoms with Gasteiger partial charge in [0.05, 0.1) is 24.5 Å². The number of hydrogen-bond acceptors (Lipinski definition) is 7. The lowest BCUT2D eigenvalue weighted by Crippen LogP contribution is -2.23. The number of carbonyl (C=O) groups is 1. The third kappa shape index (κ3) is 6.18. The number of Topliss-reactive ketones (excluding diaryl/α,β-unsaturated/α-hetero) is 1. The van der Waals surface area contributed by atoms with E-state index >= 15 is 0 Å². The van der Waals surface area contributed by atoms with Crippen LogP contribution in [0.1, 0.15) is 44.6 Å². The first-order valence-corrected chi connectivity index (χ1v) is 10.5. The van der Waals surface area contributed by atoms with Gasteiger partial charge in [0.15, 0.2) is 18.2 Å². The molecular weight excluding hydrogens is 384 g/mol. The zero-order valence-corrected chi connectivity index (χ0v) is 17.3. The topological polar surface area (TPSA) is 103 Å². The Morgan fingerprint density at radius 3 is 2.90 bits per heavy atom. The maximum absolute atomic E-state index is 12.2. The first-order chi connectivity index (χ1) is 14.4. The van der Waals surface area contributed by atoms with Crippen molar-refractivity contribution in [2.75, 3.05) is 13.3 Å². The van der Waals surface area contributed by atoms with E-state index in [2.05, 4.69) is 4.99 Å². The smallest absolute Gasteiger partial charge is 0.163 e. The minimum absolute atomic E-state index is 0.0458. The van der Waals surface area contributed by atoms with Crippen LogP contribution in [-0.2, 0) is 11.2 Å². The lowest BCUT2D eigenvalue weighted by molar-refractivity contribution is -0.121. The van der Waals surface area contributed by atoms with E-state index in [1.807, 2.05) is 24.1 Å². The van der Waals surface area contributed by atoms with Gasteiger partial charge in [-0.3, -0.25) is 9.79 Å². The molecule has 0 saturated carbocycles. The van der Waals surface area contributed by atoms with Crippen LogP contribution < -0.4 is 4.74 Å². The third-order valence-electron chi connectivity index (χ3n) is 5.22. The Hall–Kier alpha value is -2.64. The van der Waals surface area contributed by atoms with Crippen LogP contribution in [-0.4, -0.2) is 57.2 Å². The molecule has 3 N–H and O–H groups in total. The van der Waals surface area contributed by atoms with Gasteiger partial charge in [-0.25, -0.2) is 0 Å². The van der Waals surface area contributed by atoms with Crippen molar-refractivity contribution in [2.24, 2.45) is 4.99 Å². The monoisotopic (exact) mass is 414 g/mol. The molecule has 0 radical (unpaired) electrons. The average molecular weight is 415 g/mol. The Labute approximate surface area is 177 Å². The molecule has 0 amide bonds. The summed E-state index contributed by atoms with van der Waals surface area (Å²) in [5.74, 6) is 0.371. The molecular formula is C23H30N2O5. The van der Waals surface area contributed by atoms with Gasteiger partial charge in [0.1, 0.15) is 5.78 Å². The molecule has 0 spiro atoms. The zero-order valence-electron chi connectivity index (χ0n) is 17.3. The summed E-state index contributed by atoms with van der Waals surface area (Å²) in [6.07, 6.45) is 6.85. The van der Waals surface area contributed by atoms with Crippen LogP contribution in [0, 0.1) is 0 Å². The number of nitrogens with zero attached hydrogens (tertiary/aromatic N) is 2. The molecule has 30 heavy (non-hydrogen) atoms. The maximum atomic E-state index is 12.2. The van der Waals surface area contributed by atoms with Crippen molar-refractivity contribution in [1.29, 1.82) is 0 Å². The van der Waals surface area contributed by atoms with E-state index in [0.29, 0.717) is 31.9 Å². The van der Waals surface area contributed by atoms with Crippen LogP contribution >= 0.6 is 0 Å². The number of aliphatic imine (C=N–C) groups is 1. The van der Waals surface area contributed by atoms with Gasteiger partial charge in [0.2, 0.25) is 0 Å². The minimum Gasteiger partial charge on any atom is -0.504 e. The standard InChI is InChI=1S/C23H30N2O5/c1-2-3-18(26)11-20(28)12-19(27)6-4-16-5-7-22(29)23(10-16)30-15-25-13-17-8-9-24-21(17)14-25/h5,7-10,13,18,20,26,28-29H,2-4,6,11-12,14-15H2,1H3/t18-,20+/m0/s1. The third-order valence-corrected chi connectivity index (χ3v) is 5.22. The Bertz CT molecular complexity index is 846. The molecule has 7 nitrogen and oxygen atoms in total. The number of phenolic OH excluding ortho intramolecular Hbond substituents is 1. The average Bonchev–Trinajstić information content (AvgIpc) is 3.28. The van der Waals surface area contributed by atoms with E-state index < -0.39 is 12.2 Å². The van der Waals surface area contributed by atoms with Gasteiger partial charge in [-0.2, -0.15) is 0 Å². The number of rotatable bonds is 12. The maximum Gasteiger partial charge on any atom is 0.163 e. The molecule has 3 rings (SSSR count). The molecule has 0 unspecified atom stereocenters. The number of aryl methyl sites for hydroxylation is 1. The number of hydrogen-bond donors (Lipinski definition) is 3. The highest BCUT2D eigenvalue weighted by Gasteiger charge is 2.20. The number of aliphatic hydroxyl groups is 2. The molecule has 1 aromatic rings. The van der Waals surface area contributed by atoms with E-state index in [0.717, 1.165) is 23.3 Å². The highest BCUT2D eigenvalue weighted by atomic mass is 16.5. The van der Waals surface area contributed by atoms with Crippen LogP contribution in [0.25, 0.3) is 0 Å². The van der Waals surface area contributed by atoms with E-state index in [4.69, 9.17) is 4.74 Å². The number of aromatic hydroxyl groups is 1. The fourth-order valence-electron chi connectivity index (χ4n) is 3.62. The van der Waals surface area contributed by atoms with Gasteiger partial charge in [0.25, 0.3) is 0 Å². The highest BCUT2D eigenvalue weighted by Crippen LogP contribution is 2.28. The largest absolute Gasteiger partial charge is 0.504 e. The van der Waals surface area contributed by atoms with Crippen LogP contribution in [0.15, 0.2) is 47.2 Å². The zero-order chi connectivity index (χ0) is 21.5. The predicted octanol–water partition coefficient (Wildman–Crippen LogP) is 2.70. The van der Waals surface area contributed by atoms with Gasteiger partial charge in [-0.05, 0) is 43.0 Å². The Morgan fingerprint density at radius 1 is 1.30 bits per heavy atom. The minimum atomic E-state index is -0.814. The summed E-state index contributed by atoms with van der Waals surface area (Å²) in [7, 11) is 0. The molecule has 0 bridgehead atoms. The summed E-state index contributed by atoms with van der Waals surface area (Å²) in [6.45, 7) is 2.93. The summed E-state index contributed by atoms with van der Waals surface area (Å²) in [4.78, 5) is 18.4. The van der Waals surface area contributed by atoms with Gasteiger partial charge in [-0.15, -0.1) is 0 Å². The quantitative estimate of drug-likeness (QED) is 0.486. The molecule has 0 saturated heterocycles. The van der Waals surface area contributed by atoms with Crippen LogP contribution in [0.2, 0.25) is 0 Å². The number of ether oxygens (including phenoxy) is 1. The molecule has 2 heterocycles. The highest BCUT2D eigenvalue weighted by molar-refractivity contribution is 6.07. The van der Waals surface area contributed by atoms with Crippen molar-refractivity contribution < 1.29 is 24.9 Å². The molecule has 1 aromatic carbocycles. The summed E-state index contributed by atoms with van der Waals surface area (Å²) in [6, 6.07) is 5.07. The fraction of sp³-hybridized carbons (Fsp3) is 0.478. The van der Waals surface area contributed by atoms with Crippen LogP contribution in [0.5, 0.6) is 11.5 Å². The van der Waals surface area contributed by atoms with E-state index in [1.54, 1.807) is 24.4 Å². The number of allylic oxidation sites excluding steroid dienone is 1. The second kappa shape index (κ2) is 10.4. The van der Waals surface area contributed by atoms with Crippen molar-refractivity contribution in [3.63, 3.8) is 0 Å². The molecule has 0 aromatic heterocycles. The van der Waals surface area contributed by atoms with Gasteiger partial charge in [0, 0.05) is 30.8 Å². The number of fused-ring (bicyclic) bond motifs is 1. The summed E-state index contributed by atoms with van der Waals surface area (Å²) in [5.41, 5.74) is 2.97. The molecule has 162 valence electrons. The van der Waals surface area contributed by atoms with Crippen molar-refractivity contribution >= 4 is 11.5 Å². The number of benzene rings is 1. The second-order valence-corrected chi connectivity index (χ2v) is 7.87. The number of ketones is 1. The van der Waals surface area contributed by atoms with Gasteiger partial charge < -0.3 is 25.0 Å². The van der Waals surface area contributed by atoms with Crippen molar-refractivity contribution in [2.45, 2.75) is 57.7 Å². The summed E-state index contributed by atoms with van der Waals surface area (Å²) >= 11 is 0. The van der Waals surface area contributed by atoms with Crippen molar-refractivity contribution in [3.05, 3.63) is 47.8 Å². The first-order valence-electron chi connectivity index (χ1n) is 10.5. The lowest BCUT2D eigenvalue weighted by Gasteiger charge is -2.17. The van der Waals surface area contributed by atoms with E-state index in [-0.39, 0.29) is 30.8 Å². The van der Waals surface area contributed by atoms with E-state index in [9.17, 15) is 20.1 Å². The molecule has 2 atom stereocenters. The first kappa shape index (κ1) is 22.1. The summed E-state index contributed by atoms with van der Waals surface area (Å²) in [5, 5.41) is 29.8. The van der Waals surface area contributed by atoms with Crippen molar-refractivity contribution in [3.8, 4) is 11.5 Å². The Kier molecular flexibility index (Phi) is 7.65. The normalized spacial score (nSPS) is 16.8. The van der Waals surface area contributed by atoms with E-state index in [1.165, 1.54) is 0 Å². The molecule has 2 aliphatic rings. The Morgan fingerprint density at radius 2 is 2.13 bits per heavy atom. The molecule has 2 aliphatic heterocycles. The van der Waals surface area contributed by atoms with Crippen molar-refractivity contribution in [1.82, 2.24) is 4.90 Å². The lowest BCUT2D eigenvalue weighted by atomic mass is 10.00. The van der Waals surface area contributed by atoms with Gasteiger partial charge >= 0.3 is 0 Å². The van der Waals surface area contributed by atoms with Gasteiger partial charge in [-0.1, -0.05) is 19.4 Å². The SMILES string of the molecule is CCC[C@H](O)C[C@@H](O)CC(=O)CCc1ccc(O)c(OCN2C=C3C=CN=C3C2)c1. The predicted molar refractivity (Wildman–Crippen MR) is 114 cm³/mol. The summed E-state index contributed by atoms with van der Waals surface area (Å²) < 4.78 is 5.76. The van der Waals surface area contributed by atoms with Crippen LogP contribution in [0.4, 0.5) is 0 Å².